The molecule has 1 aliphatic rings. The number of carbonyl (C=O) groups excluding carboxylic acids is 2. The molecule has 1 fully saturated rings. The summed E-state index contributed by atoms with van der Waals surface area (Å²) < 4.78 is 31.3. The van der Waals surface area contributed by atoms with E-state index in [0.29, 0.717) is 41.3 Å². The minimum Gasteiger partial charge on any atom is -0.495 e. The number of hydrogen-bond donors (Lipinski definition) is 2. The van der Waals surface area contributed by atoms with E-state index in [4.69, 9.17) is 27.9 Å². The molecule has 3 aromatic carbocycles. The fourth-order valence-electron chi connectivity index (χ4n) is 5.04. The Morgan fingerprint density at radius 2 is 1.72 bits per heavy atom. The highest BCUT2D eigenvalue weighted by Gasteiger charge is 2.30. The molecule has 9 heteroatoms. The standard InChI is InChI=1S/C16H22ClF.C12H16N2O3.C6H4ClF/c1-16(2,3)10-11-7-8-12(9-11)13-5-4-6-14(17)15(13)18;1-3-6-13-12(16)9-4-5-10(14-8-15)11(7-9)17-2;7-5-3-1-2-4-6(5)8/h4-6,11-12H,7-10H2,1-3H3;4-5,7-8H,3,6H2,1-2H3,(H,13,16)(H,14,15);1-4H. The van der Waals surface area contributed by atoms with Crippen molar-refractivity contribution in [3.05, 3.63) is 93.5 Å². The maximum absolute atomic E-state index is 14.0. The number of amides is 2. The van der Waals surface area contributed by atoms with Crippen molar-refractivity contribution < 1.29 is 23.1 Å². The molecule has 0 bridgehead atoms. The zero-order chi connectivity index (χ0) is 32.0. The zero-order valence-electron chi connectivity index (χ0n) is 25.5. The Morgan fingerprint density at radius 1 is 1.02 bits per heavy atom. The predicted molar refractivity (Wildman–Crippen MR) is 172 cm³/mol. The van der Waals surface area contributed by atoms with Crippen LogP contribution in [0.1, 0.15) is 81.6 Å². The molecule has 2 unspecified atom stereocenters. The highest BCUT2D eigenvalue weighted by atomic mass is 35.5. The smallest absolute Gasteiger partial charge is 0.251 e. The van der Waals surface area contributed by atoms with Gasteiger partial charge in [0.15, 0.2) is 0 Å². The molecule has 5 nitrogen and oxygen atoms in total. The van der Waals surface area contributed by atoms with Crippen LogP contribution in [0.25, 0.3) is 0 Å². The van der Waals surface area contributed by atoms with E-state index in [1.165, 1.54) is 32.1 Å². The molecule has 234 valence electrons. The minimum absolute atomic E-state index is 0.150. The summed E-state index contributed by atoms with van der Waals surface area (Å²) in [6, 6.07) is 16.4. The average Bonchev–Trinajstić information content (AvgIpc) is 3.42. The van der Waals surface area contributed by atoms with E-state index >= 15 is 0 Å². The molecule has 2 atom stereocenters. The van der Waals surface area contributed by atoms with Crippen molar-refractivity contribution >= 4 is 41.2 Å². The second-order valence-corrected chi connectivity index (χ2v) is 12.4. The van der Waals surface area contributed by atoms with E-state index in [9.17, 15) is 18.4 Å². The molecule has 0 spiro atoms. The molecule has 43 heavy (non-hydrogen) atoms. The first-order valence-electron chi connectivity index (χ1n) is 14.4. The molecule has 0 aliphatic heterocycles. The SMILES string of the molecule is CC(C)(C)CC1CCC(c2cccc(Cl)c2F)C1.CCCNC(=O)c1ccc(NC=O)c(OC)c1.Fc1ccccc1Cl. The molecular weight excluding hydrogens is 593 g/mol. The fourth-order valence-corrected chi connectivity index (χ4v) is 5.36. The minimum atomic E-state index is -0.367. The zero-order valence-corrected chi connectivity index (χ0v) is 27.0. The molecule has 2 amide bonds. The average molecular weight is 636 g/mol. The molecule has 4 rings (SSSR count). The monoisotopic (exact) mass is 634 g/mol. The summed E-state index contributed by atoms with van der Waals surface area (Å²) in [5, 5.41) is 5.70. The maximum atomic E-state index is 14.0. The molecular formula is C34H42Cl2F2N2O3. The predicted octanol–water partition coefficient (Wildman–Crippen LogP) is 9.68. The van der Waals surface area contributed by atoms with E-state index in [-0.39, 0.29) is 27.6 Å². The number of rotatable bonds is 8. The van der Waals surface area contributed by atoms with E-state index in [1.807, 2.05) is 19.1 Å². The highest BCUT2D eigenvalue weighted by Crippen LogP contribution is 2.44. The van der Waals surface area contributed by atoms with Crippen molar-refractivity contribution in [3.8, 4) is 5.75 Å². The van der Waals surface area contributed by atoms with Crippen molar-refractivity contribution in [2.45, 2.75) is 65.7 Å². The van der Waals surface area contributed by atoms with Gasteiger partial charge >= 0.3 is 0 Å². The van der Waals surface area contributed by atoms with E-state index < -0.39 is 0 Å². The Morgan fingerprint density at radius 3 is 2.30 bits per heavy atom. The van der Waals surface area contributed by atoms with E-state index in [2.05, 4.69) is 31.4 Å². The van der Waals surface area contributed by atoms with Crippen LogP contribution in [-0.2, 0) is 4.79 Å². The van der Waals surface area contributed by atoms with Crippen LogP contribution in [0.5, 0.6) is 5.75 Å². The summed E-state index contributed by atoms with van der Waals surface area (Å²) in [5.74, 6) is 0.822. The first-order chi connectivity index (χ1) is 20.4. The number of ether oxygens (including phenoxy) is 1. The topological polar surface area (TPSA) is 67.4 Å². The number of carbonyl (C=O) groups is 2. The number of methoxy groups -OCH3 is 1. The van der Waals surface area contributed by atoms with Gasteiger partial charge in [0.1, 0.15) is 17.4 Å². The maximum Gasteiger partial charge on any atom is 0.251 e. The summed E-state index contributed by atoms with van der Waals surface area (Å²) in [7, 11) is 1.49. The number of benzene rings is 3. The van der Waals surface area contributed by atoms with Gasteiger partial charge in [0.25, 0.3) is 5.91 Å². The number of hydrogen-bond acceptors (Lipinski definition) is 3. The van der Waals surface area contributed by atoms with Crippen LogP contribution in [0.15, 0.2) is 60.7 Å². The summed E-state index contributed by atoms with van der Waals surface area (Å²) in [5.41, 5.74) is 2.23. The van der Waals surface area contributed by atoms with Gasteiger partial charge in [-0.2, -0.15) is 0 Å². The molecule has 1 aliphatic carbocycles. The molecule has 1 saturated carbocycles. The van der Waals surface area contributed by atoms with Gasteiger partial charge in [0.2, 0.25) is 6.41 Å². The van der Waals surface area contributed by atoms with Gasteiger partial charge in [0, 0.05) is 12.1 Å². The van der Waals surface area contributed by atoms with E-state index in [0.717, 1.165) is 30.7 Å². The first kappa shape index (κ1) is 36.0. The van der Waals surface area contributed by atoms with Gasteiger partial charge in [0.05, 0.1) is 22.8 Å². The van der Waals surface area contributed by atoms with Gasteiger partial charge in [-0.1, -0.05) is 75.2 Å². The van der Waals surface area contributed by atoms with Crippen molar-refractivity contribution in [1.82, 2.24) is 5.32 Å². The van der Waals surface area contributed by atoms with Crippen LogP contribution < -0.4 is 15.4 Å². The lowest BCUT2D eigenvalue weighted by molar-refractivity contribution is -0.105. The highest BCUT2D eigenvalue weighted by molar-refractivity contribution is 6.31. The number of nitrogens with one attached hydrogen (secondary N) is 2. The van der Waals surface area contributed by atoms with Crippen molar-refractivity contribution in [3.63, 3.8) is 0 Å². The van der Waals surface area contributed by atoms with Gasteiger partial charge in [-0.05, 0) is 91.3 Å². The van der Waals surface area contributed by atoms with Crippen LogP contribution in [0.4, 0.5) is 14.5 Å². The second-order valence-electron chi connectivity index (χ2n) is 11.6. The third-order valence-corrected chi connectivity index (χ3v) is 7.50. The molecule has 0 aromatic heterocycles. The first-order valence-corrected chi connectivity index (χ1v) is 15.2. The summed E-state index contributed by atoms with van der Waals surface area (Å²) in [6.45, 7) is 9.45. The summed E-state index contributed by atoms with van der Waals surface area (Å²) >= 11 is 11.2. The van der Waals surface area contributed by atoms with Gasteiger partial charge in [-0.3, -0.25) is 9.59 Å². The molecule has 0 saturated heterocycles. The third-order valence-electron chi connectivity index (χ3n) is 6.90. The van der Waals surface area contributed by atoms with Crippen LogP contribution >= 0.6 is 23.2 Å². The third kappa shape index (κ3) is 12.2. The van der Waals surface area contributed by atoms with Crippen LogP contribution in [-0.4, -0.2) is 26.0 Å². The number of halogens is 4. The largest absolute Gasteiger partial charge is 0.495 e. The van der Waals surface area contributed by atoms with Crippen molar-refractivity contribution in [2.24, 2.45) is 11.3 Å². The Hall–Kier alpha value is -3.16. The Kier molecular flexibility index (Phi) is 14.9. The molecule has 3 aromatic rings. The van der Waals surface area contributed by atoms with Crippen LogP contribution in [0.3, 0.4) is 0 Å². The number of anilines is 1. The quantitative estimate of drug-likeness (QED) is 0.242. The lowest BCUT2D eigenvalue weighted by Gasteiger charge is -2.23. The van der Waals surface area contributed by atoms with Crippen LogP contribution in [0.2, 0.25) is 10.0 Å². The molecule has 2 N–H and O–H groups in total. The summed E-state index contributed by atoms with van der Waals surface area (Å²) in [6.07, 6.45) is 6.09. The van der Waals surface area contributed by atoms with Crippen molar-refractivity contribution in [1.29, 1.82) is 0 Å². The Bertz CT molecular complexity index is 1310. The van der Waals surface area contributed by atoms with Gasteiger partial charge in [-0.25, -0.2) is 8.78 Å². The lowest BCUT2D eigenvalue weighted by atomic mass is 9.83. The van der Waals surface area contributed by atoms with Crippen molar-refractivity contribution in [2.75, 3.05) is 19.0 Å². The molecule has 0 heterocycles. The Labute approximate surface area is 264 Å². The Balaban J connectivity index is 0.000000241. The molecule has 0 radical (unpaired) electrons. The summed E-state index contributed by atoms with van der Waals surface area (Å²) in [4.78, 5) is 22.0. The lowest BCUT2D eigenvalue weighted by Crippen LogP contribution is -2.23. The second kappa shape index (κ2) is 17.8. The normalized spacial score (nSPS) is 15.7. The fraction of sp³-hybridized carbons (Fsp3) is 0.412. The van der Waals surface area contributed by atoms with Gasteiger partial charge in [-0.15, -0.1) is 0 Å². The van der Waals surface area contributed by atoms with Crippen LogP contribution in [0, 0.1) is 23.0 Å². The van der Waals surface area contributed by atoms with Gasteiger partial charge < -0.3 is 15.4 Å². The van der Waals surface area contributed by atoms with E-state index in [1.54, 1.807) is 36.4 Å².